The van der Waals surface area contributed by atoms with Crippen LogP contribution in [-0.4, -0.2) is 17.5 Å². The molecule has 0 bridgehead atoms. The van der Waals surface area contributed by atoms with Crippen LogP contribution in [-0.2, 0) is 0 Å². The van der Waals surface area contributed by atoms with Gasteiger partial charge in [0.15, 0.2) is 0 Å². The van der Waals surface area contributed by atoms with Crippen LogP contribution >= 0.6 is 11.8 Å². The molecule has 18 heavy (non-hydrogen) atoms. The molecule has 2 rings (SSSR count). The van der Waals surface area contributed by atoms with Gasteiger partial charge in [-0.3, -0.25) is 0 Å². The lowest BCUT2D eigenvalue weighted by atomic mass is 10.2. The van der Waals surface area contributed by atoms with E-state index >= 15 is 0 Å². The second kappa shape index (κ2) is 6.36. The van der Waals surface area contributed by atoms with E-state index in [4.69, 9.17) is 4.74 Å². The van der Waals surface area contributed by atoms with Crippen molar-refractivity contribution in [3.05, 3.63) is 54.1 Å². The van der Waals surface area contributed by atoms with E-state index in [0.717, 1.165) is 16.4 Å². The lowest BCUT2D eigenvalue weighted by Crippen LogP contribution is -1.99. The van der Waals surface area contributed by atoms with Crippen molar-refractivity contribution < 1.29 is 9.84 Å². The Hall–Kier alpha value is -1.61. The summed E-state index contributed by atoms with van der Waals surface area (Å²) in [5, 5.41) is 9.60. The number of rotatable bonds is 5. The number of aromatic hydroxyl groups is 1. The zero-order chi connectivity index (χ0) is 12.8. The summed E-state index contributed by atoms with van der Waals surface area (Å²) in [5.41, 5.74) is 1.23. The quantitative estimate of drug-likeness (QED) is 0.653. The van der Waals surface area contributed by atoms with Crippen LogP contribution in [0.2, 0.25) is 0 Å². The molecule has 3 heteroatoms. The second-order valence-electron chi connectivity index (χ2n) is 3.98. The number of phenols is 1. The second-order valence-corrected chi connectivity index (χ2v) is 5.11. The Morgan fingerprint density at radius 1 is 1.06 bits per heavy atom. The molecule has 1 N–H and O–H groups in total. The number of hydrogen-bond donors (Lipinski definition) is 1. The topological polar surface area (TPSA) is 29.5 Å². The summed E-state index contributed by atoms with van der Waals surface area (Å²) in [6.07, 6.45) is 0. The van der Waals surface area contributed by atoms with Crippen molar-refractivity contribution in [1.29, 1.82) is 0 Å². The third kappa shape index (κ3) is 3.70. The minimum atomic E-state index is 0.331. The molecule has 0 heterocycles. The van der Waals surface area contributed by atoms with E-state index in [-0.39, 0.29) is 0 Å². The highest BCUT2D eigenvalue weighted by Crippen LogP contribution is 2.27. The van der Waals surface area contributed by atoms with E-state index < -0.39 is 0 Å². The fourth-order valence-electron chi connectivity index (χ4n) is 1.52. The van der Waals surface area contributed by atoms with Crippen molar-refractivity contribution in [3.63, 3.8) is 0 Å². The molecule has 2 nitrogen and oxygen atoms in total. The van der Waals surface area contributed by atoms with Gasteiger partial charge in [-0.05, 0) is 31.2 Å². The molecular weight excluding hydrogens is 244 g/mol. The molecule has 2 aromatic rings. The lowest BCUT2D eigenvalue weighted by molar-refractivity contribution is 0.344. The first-order valence-corrected chi connectivity index (χ1v) is 6.84. The largest absolute Gasteiger partial charge is 0.507 e. The molecule has 0 aliphatic rings. The molecule has 0 atom stereocenters. The molecule has 0 saturated heterocycles. The number of hydrogen-bond acceptors (Lipinski definition) is 3. The highest BCUT2D eigenvalue weighted by molar-refractivity contribution is 7.99. The minimum absolute atomic E-state index is 0.331. The fourth-order valence-corrected chi connectivity index (χ4v) is 2.30. The van der Waals surface area contributed by atoms with Gasteiger partial charge in [-0.25, -0.2) is 0 Å². The van der Waals surface area contributed by atoms with Gasteiger partial charge < -0.3 is 9.84 Å². The van der Waals surface area contributed by atoms with Gasteiger partial charge in [0.05, 0.1) is 6.61 Å². The van der Waals surface area contributed by atoms with Crippen LogP contribution in [0.4, 0.5) is 0 Å². The summed E-state index contributed by atoms with van der Waals surface area (Å²) in [6.45, 7) is 2.68. The normalized spacial score (nSPS) is 10.3. The number of thioether (sulfide) groups is 1. The van der Waals surface area contributed by atoms with Crippen LogP contribution in [0.1, 0.15) is 5.56 Å². The third-order valence-electron chi connectivity index (χ3n) is 2.50. The predicted molar refractivity (Wildman–Crippen MR) is 75.5 cm³/mol. The van der Waals surface area contributed by atoms with Gasteiger partial charge >= 0.3 is 0 Å². The van der Waals surface area contributed by atoms with Gasteiger partial charge in [0.2, 0.25) is 0 Å². The number of benzene rings is 2. The summed E-state index contributed by atoms with van der Waals surface area (Å²) in [4.78, 5) is 0.894. The Morgan fingerprint density at radius 3 is 2.50 bits per heavy atom. The predicted octanol–water partition coefficient (Wildman–Crippen LogP) is 3.87. The van der Waals surface area contributed by atoms with Crippen LogP contribution in [0.3, 0.4) is 0 Å². The summed E-state index contributed by atoms with van der Waals surface area (Å²) in [7, 11) is 0. The molecule has 0 aromatic heterocycles. The van der Waals surface area contributed by atoms with Gasteiger partial charge in [-0.1, -0.05) is 29.8 Å². The van der Waals surface area contributed by atoms with Gasteiger partial charge in [0.25, 0.3) is 0 Å². The van der Waals surface area contributed by atoms with E-state index in [2.05, 4.69) is 6.92 Å². The van der Waals surface area contributed by atoms with Gasteiger partial charge in [-0.15, -0.1) is 11.8 Å². The molecule has 94 valence electrons. The molecule has 0 spiro atoms. The van der Waals surface area contributed by atoms with Crippen LogP contribution < -0.4 is 4.74 Å². The first kappa shape index (κ1) is 12.8. The maximum atomic E-state index is 9.60. The monoisotopic (exact) mass is 260 g/mol. The molecule has 0 radical (unpaired) electrons. The van der Waals surface area contributed by atoms with Crippen LogP contribution in [0, 0.1) is 6.92 Å². The Balaban J connectivity index is 1.76. The standard InChI is InChI=1S/C15H16O2S/c1-12-6-8-13(9-7-12)17-10-11-18-15-5-3-2-4-14(15)16/h2-9,16H,10-11H2,1H3. The molecule has 0 saturated carbocycles. The number of para-hydroxylation sites is 1. The van der Waals surface area contributed by atoms with Crippen molar-refractivity contribution in [2.45, 2.75) is 11.8 Å². The fraction of sp³-hybridized carbons (Fsp3) is 0.200. The highest BCUT2D eigenvalue weighted by Gasteiger charge is 2.00. The van der Waals surface area contributed by atoms with Crippen molar-refractivity contribution in [3.8, 4) is 11.5 Å². The van der Waals surface area contributed by atoms with Crippen molar-refractivity contribution in [2.24, 2.45) is 0 Å². The van der Waals surface area contributed by atoms with Crippen LogP contribution in [0.15, 0.2) is 53.4 Å². The Kier molecular flexibility index (Phi) is 4.53. The SMILES string of the molecule is Cc1ccc(OCCSc2ccccc2O)cc1. The highest BCUT2D eigenvalue weighted by atomic mass is 32.2. The van der Waals surface area contributed by atoms with Crippen LogP contribution in [0.25, 0.3) is 0 Å². The maximum absolute atomic E-state index is 9.60. The Labute approximate surface area is 112 Å². The van der Waals surface area contributed by atoms with Crippen LogP contribution in [0.5, 0.6) is 11.5 Å². The summed E-state index contributed by atoms with van der Waals surface area (Å²) in [5.74, 6) is 2.03. The molecule has 0 unspecified atom stereocenters. The number of ether oxygens (including phenoxy) is 1. The maximum Gasteiger partial charge on any atom is 0.129 e. The van der Waals surface area contributed by atoms with Gasteiger partial charge in [0, 0.05) is 10.6 Å². The smallest absolute Gasteiger partial charge is 0.129 e. The first-order chi connectivity index (χ1) is 8.75. The van der Waals surface area contributed by atoms with Crippen molar-refractivity contribution in [2.75, 3.05) is 12.4 Å². The van der Waals surface area contributed by atoms with Crippen molar-refractivity contribution in [1.82, 2.24) is 0 Å². The van der Waals surface area contributed by atoms with E-state index in [0.29, 0.717) is 12.4 Å². The Morgan fingerprint density at radius 2 is 1.78 bits per heavy atom. The van der Waals surface area contributed by atoms with E-state index in [1.165, 1.54) is 5.56 Å². The average molecular weight is 260 g/mol. The minimum Gasteiger partial charge on any atom is -0.507 e. The number of aryl methyl sites for hydroxylation is 1. The molecule has 0 fully saturated rings. The molecule has 0 amide bonds. The summed E-state index contributed by atoms with van der Waals surface area (Å²) in [6, 6.07) is 15.4. The van der Waals surface area contributed by atoms with E-state index in [9.17, 15) is 5.11 Å². The molecule has 0 aliphatic heterocycles. The molecule has 0 aliphatic carbocycles. The number of phenolic OH excluding ortho intramolecular Hbond substituents is 1. The first-order valence-electron chi connectivity index (χ1n) is 5.86. The summed E-state index contributed by atoms with van der Waals surface area (Å²) >= 11 is 1.59. The van der Waals surface area contributed by atoms with Gasteiger partial charge in [0.1, 0.15) is 11.5 Å². The van der Waals surface area contributed by atoms with E-state index in [1.54, 1.807) is 17.8 Å². The third-order valence-corrected chi connectivity index (χ3v) is 3.52. The Bertz CT molecular complexity index is 494. The zero-order valence-corrected chi connectivity index (χ0v) is 11.1. The van der Waals surface area contributed by atoms with E-state index in [1.807, 2.05) is 42.5 Å². The summed E-state index contributed by atoms with van der Waals surface area (Å²) < 4.78 is 5.62. The molecule has 2 aromatic carbocycles. The molecular formula is C15H16O2S. The van der Waals surface area contributed by atoms with Gasteiger partial charge in [-0.2, -0.15) is 0 Å². The lowest BCUT2D eigenvalue weighted by Gasteiger charge is -2.07. The average Bonchev–Trinajstić information content (AvgIpc) is 2.39. The zero-order valence-electron chi connectivity index (χ0n) is 10.3. The van der Waals surface area contributed by atoms with Crippen molar-refractivity contribution >= 4 is 11.8 Å².